The lowest BCUT2D eigenvalue weighted by atomic mass is 10.1. The third kappa shape index (κ3) is 3.75. The van der Waals surface area contributed by atoms with Gasteiger partial charge in [0.2, 0.25) is 0 Å². The van der Waals surface area contributed by atoms with Crippen LogP contribution in [-0.4, -0.2) is 17.0 Å². The minimum atomic E-state index is 0.480. The van der Waals surface area contributed by atoms with Crippen LogP contribution in [-0.2, 0) is 0 Å². The highest BCUT2D eigenvalue weighted by atomic mass is 79.9. The molecule has 0 saturated heterocycles. The van der Waals surface area contributed by atoms with Gasteiger partial charge in [-0.1, -0.05) is 41.5 Å². The third-order valence-corrected chi connectivity index (χ3v) is 4.41. The van der Waals surface area contributed by atoms with Gasteiger partial charge < -0.3 is 5.32 Å². The van der Waals surface area contributed by atoms with Crippen LogP contribution in [0.5, 0.6) is 0 Å². The Morgan fingerprint density at radius 1 is 1.50 bits per heavy atom. The zero-order valence-electron chi connectivity index (χ0n) is 11.0. The Kier molecular flexibility index (Phi) is 4.73. The molecule has 0 fully saturated rings. The van der Waals surface area contributed by atoms with Crippen molar-refractivity contribution in [2.24, 2.45) is 10.9 Å². The molecule has 0 bridgehead atoms. The summed E-state index contributed by atoms with van der Waals surface area (Å²) in [7, 11) is 0. The quantitative estimate of drug-likeness (QED) is 0.871. The maximum absolute atomic E-state index is 4.74. The minimum absolute atomic E-state index is 0.480. The van der Waals surface area contributed by atoms with Crippen molar-refractivity contribution in [3.05, 3.63) is 28.2 Å². The first kappa shape index (κ1) is 13.9. The van der Waals surface area contributed by atoms with E-state index in [1.54, 1.807) is 0 Å². The number of nitrogens with one attached hydrogen (secondary N) is 1. The lowest BCUT2D eigenvalue weighted by molar-refractivity contribution is 0.529. The number of nitrogens with zero attached hydrogens (tertiary/aromatic N) is 1. The molecule has 2 nitrogen and oxygen atoms in total. The van der Waals surface area contributed by atoms with Gasteiger partial charge in [-0.15, -0.1) is 0 Å². The summed E-state index contributed by atoms with van der Waals surface area (Å²) in [5, 5.41) is 4.49. The molecule has 98 valence electrons. The summed E-state index contributed by atoms with van der Waals surface area (Å²) in [6, 6.07) is 6.75. The maximum Gasteiger partial charge on any atom is 0.161 e. The fraction of sp³-hybridized carbons (Fsp3) is 0.500. The number of hydrogen-bond acceptors (Lipinski definition) is 3. The number of amidine groups is 1. The Labute approximate surface area is 122 Å². The summed E-state index contributed by atoms with van der Waals surface area (Å²) in [5.74, 6) is 1.82. The summed E-state index contributed by atoms with van der Waals surface area (Å²) in [6.07, 6.45) is 1.18. The van der Waals surface area contributed by atoms with Crippen LogP contribution in [0.1, 0.15) is 25.8 Å². The fourth-order valence-electron chi connectivity index (χ4n) is 2.03. The molecule has 1 aliphatic heterocycles. The second-order valence-electron chi connectivity index (χ2n) is 5.11. The second-order valence-corrected chi connectivity index (χ2v) is 7.04. The molecule has 0 radical (unpaired) electrons. The van der Waals surface area contributed by atoms with Gasteiger partial charge in [0.25, 0.3) is 0 Å². The summed E-state index contributed by atoms with van der Waals surface area (Å²) in [6.45, 7) is 6.62. The average molecular weight is 327 g/mol. The minimum Gasteiger partial charge on any atom is -0.335 e. The SMILES string of the molecule is Cc1cc(Br)ccc1NC1=NC(CC(C)C)CS1. The van der Waals surface area contributed by atoms with E-state index in [1.807, 2.05) is 11.8 Å². The van der Waals surface area contributed by atoms with Crippen LogP contribution in [0.2, 0.25) is 0 Å². The van der Waals surface area contributed by atoms with Gasteiger partial charge in [-0.3, -0.25) is 4.99 Å². The van der Waals surface area contributed by atoms with Crippen molar-refractivity contribution in [3.8, 4) is 0 Å². The van der Waals surface area contributed by atoms with Gasteiger partial charge in [-0.2, -0.15) is 0 Å². The van der Waals surface area contributed by atoms with Crippen molar-refractivity contribution < 1.29 is 0 Å². The molecule has 0 saturated carbocycles. The van der Waals surface area contributed by atoms with Crippen molar-refractivity contribution in [3.63, 3.8) is 0 Å². The molecule has 1 aromatic rings. The zero-order chi connectivity index (χ0) is 13.1. The number of halogens is 1. The Morgan fingerprint density at radius 2 is 2.28 bits per heavy atom. The van der Waals surface area contributed by atoms with Gasteiger partial charge in [0, 0.05) is 15.9 Å². The average Bonchev–Trinajstić information content (AvgIpc) is 2.69. The normalized spacial score (nSPS) is 19.2. The second kappa shape index (κ2) is 6.11. The van der Waals surface area contributed by atoms with E-state index in [0.29, 0.717) is 12.0 Å². The fourth-order valence-corrected chi connectivity index (χ4v) is 3.47. The van der Waals surface area contributed by atoms with Gasteiger partial charge in [0.15, 0.2) is 5.17 Å². The van der Waals surface area contributed by atoms with E-state index >= 15 is 0 Å². The number of aliphatic imine (C=N–C) groups is 1. The van der Waals surface area contributed by atoms with E-state index in [1.165, 1.54) is 12.0 Å². The van der Waals surface area contributed by atoms with Crippen LogP contribution < -0.4 is 5.32 Å². The van der Waals surface area contributed by atoms with Crippen molar-refractivity contribution in [2.75, 3.05) is 11.1 Å². The van der Waals surface area contributed by atoms with Gasteiger partial charge in [0.05, 0.1) is 6.04 Å². The molecule has 1 unspecified atom stereocenters. The third-order valence-electron chi connectivity index (χ3n) is 2.89. The number of anilines is 1. The predicted molar refractivity (Wildman–Crippen MR) is 85.6 cm³/mol. The Balaban J connectivity index is 2.02. The lowest BCUT2D eigenvalue weighted by Crippen LogP contribution is -2.08. The molecular formula is C14H19BrN2S. The van der Waals surface area contributed by atoms with Crippen LogP contribution in [0.4, 0.5) is 5.69 Å². The Hall–Kier alpha value is -0.480. The van der Waals surface area contributed by atoms with Gasteiger partial charge in [-0.25, -0.2) is 0 Å². The van der Waals surface area contributed by atoms with E-state index in [9.17, 15) is 0 Å². The molecule has 1 aromatic carbocycles. The molecule has 0 aromatic heterocycles. The molecule has 18 heavy (non-hydrogen) atoms. The van der Waals surface area contributed by atoms with Crippen molar-refractivity contribution in [1.29, 1.82) is 0 Å². The molecule has 0 spiro atoms. The smallest absolute Gasteiger partial charge is 0.161 e. The van der Waals surface area contributed by atoms with Crippen LogP contribution in [0.15, 0.2) is 27.7 Å². The molecule has 1 atom stereocenters. The van der Waals surface area contributed by atoms with Crippen LogP contribution in [0.25, 0.3) is 0 Å². The van der Waals surface area contributed by atoms with E-state index in [-0.39, 0.29) is 0 Å². The lowest BCUT2D eigenvalue weighted by Gasteiger charge is -2.09. The molecule has 0 amide bonds. The predicted octanol–water partition coefficient (Wildman–Crippen LogP) is 4.69. The highest BCUT2D eigenvalue weighted by Crippen LogP contribution is 2.26. The highest BCUT2D eigenvalue weighted by Gasteiger charge is 2.19. The van der Waals surface area contributed by atoms with Gasteiger partial charge in [-0.05, 0) is 43.0 Å². The van der Waals surface area contributed by atoms with Crippen LogP contribution in [0, 0.1) is 12.8 Å². The maximum atomic E-state index is 4.74. The Morgan fingerprint density at radius 3 is 2.94 bits per heavy atom. The molecular weight excluding hydrogens is 308 g/mol. The number of aryl methyl sites for hydroxylation is 1. The van der Waals surface area contributed by atoms with E-state index in [2.05, 4.69) is 60.2 Å². The molecule has 2 rings (SSSR count). The number of benzene rings is 1. The van der Waals surface area contributed by atoms with E-state index in [0.717, 1.165) is 21.1 Å². The Bertz CT molecular complexity index is 457. The number of hydrogen-bond donors (Lipinski definition) is 1. The van der Waals surface area contributed by atoms with E-state index < -0.39 is 0 Å². The number of rotatable bonds is 3. The molecule has 1 aliphatic rings. The topological polar surface area (TPSA) is 24.4 Å². The molecule has 0 aliphatic carbocycles. The van der Waals surface area contributed by atoms with Crippen LogP contribution in [0.3, 0.4) is 0 Å². The van der Waals surface area contributed by atoms with Gasteiger partial charge >= 0.3 is 0 Å². The molecule has 1 N–H and O–H groups in total. The zero-order valence-corrected chi connectivity index (χ0v) is 13.4. The van der Waals surface area contributed by atoms with Gasteiger partial charge in [0.1, 0.15) is 0 Å². The monoisotopic (exact) mass is 326 g/mol. The van der Waals surface area contributed by atoms with E-state index in [4.69, 9.17) is 4.99 Å². The standard InChI is InChI=1S/C14H19BrN2S/c1-9(2)6-12-8-18-14(16-12)17-13-5-4-11(15)7-10(13)3/h4-5,7,9,12H,6,8H2,1-3H3,(H,16,17). The highest BCUT2D eigenvalue weighted by molar-refractivity contribution is 9.10. The first-order valence-electron chi connectivity index (χ1n) is 6.28. The molecule has 1 heterocycles. The first-order chi connectivity index (χ1) is 8.54. The summed E-state index contributed by atoms with van der Waals surface area (Å²) in [4.78, 5) is 4.74. The summed E-state index contributed by atoms with van der Waals surface area (Å²) < 4.78 is 1.12. The summed E-state index contributed by atoms with van der Waals surface area (Å²) >= 11 is 5.31. The largest absolute Gasteiger partial charge is 0.335 e. The molecule has 4 heteroatoms. The van der Waals surface area contributed by atoms with Crippen molar-refractivity contribution in [1.82, 2.24) is 0 Å². The number of thioether (sulfide) groups is 1. The van der Waals surface area contributed by atoms with Crippen molar-refractivity contribution >= 4 is 38.5 Å². The van der Waals surface area contributed by atoms with Crippen LogP contribution >= 0.6 is 27.7 Å². The van der Waals surface area contributed by atoms with Crippen molar-refractivity contribution in [2.45, 2.75) is 33.2 Å². The summed E-state index contributed by atoms with van der Waals surface area (Å²) in [5.41, 5.74) is 2.38. The first-order valence-corrected chi connectivity index (χ1v) is 8.06.